The van der Waals surface area contributed by atoms with Gasteiger partial charge in [0.1, 0.15) is 12.5 Å². The van der Waals surface area contributed by atoms with Crippen molar-refractivity contribution in [1.82, 2.24) is 5.06 Å². The van der Waals surface area contributed by atoms with E-state index < -0.39 is 18.4 Å². The van der Waals surface area contributed by atoms with Crippen LogP contribution in [0.2, 0.25) is 0 Å². The van der Waals surface area contributed by atoms with Gasteiger partial charge in [-0.1, -0.05) is 17.2 Å². The number of hydrogen-bond acceptors (Lipinski definition) is 5. The Morgan fingerprint density at radius 1 is 1.25 bits per heavy atom. The smallest absolute Gasteiger partial charge is 0.325 e. The van der Waals surface area contributed by atoms with E-state index in [2.05, 4.69) is 22.6 Å². The maximum Gasteiger partial charge on any atom is 0.325 e. The van der Waals surface area contributed by atoms with Crippen LogP contribution in [0.15, 0.2) is 24.3 Å². The molecule has 0 aliphatic carbocycles. The Kier molecular flexibility index (Phi) is 5.76. The summed E-state index contributed by atoms with van der Waals surface area (Å²) < 4.78 is 1.18. The molecule has 20 heavy (non-hydrogen) atoms. The van der Waals surface area contributed by atoms with Crippen molar-refractivity contribution in [2.24, 2.45) is 0 Å². The Balaban J connectivity index is 1.71. The van der Waals surface area contributed by atoms with Gasteiger partial charge in [-0.15, -0.1) is 0 Å². The van der Waals surface area contributed by atoms with Crippen LogP contribution in [0.4, 0.5) is 0 Å². The van der Waals surface area contributed by atoms with Gasteiger partial charge in [-0.2, -0.15) is 0 Å². The molecule has 2 rings (SSSR count). The summed E-state index contributed by atoms with van der Waals surface area (Å²) in [6.45, 7) is 0. The molecule has 0 spiro atoms. The largest absolute Gasteiger partial charge is 0.375 e. The Morgan fingerprint density at radius 2 is 1.85 bits per heavy atom. The van der Waals surface area contributed by atoms with E-state index in [1.807, 2.05) is 24.3 Å². The van der Waals surface area contributed by atoms with E-state index in [1.54, 1.807) is 0 Å². The van der Waals surface area contributed by atoms with Crippen LogP contribution < -0.4 is 0 Å². The molecule has 2 N–H and O–H groups in total. The van der Waals surface area contributed by atoms with Crippen LogP contribution in [0.1, 0.15) is 31.2 Å². The molecule has 2 unspecified atom stereocenters. The molecule has 1 saturated heterocycles. The second kappa shape index (κ2) is 7.35. The molecule has 5 nitrogen and oxygen atoms in total. The lowest BCUT2D eigenvalue weighted by atomic mass is 10.1. The van der Waals surface area contributed by atoms with Crippen molar-refractivity contribution in [2.45, 2.75) is 44.6 Å². The number of carbonyl (C=O) groups is 1. The highest BCUT2D eigenvalue weighted by Gasteiger charge is 2.33. The molecule has 1 aromatic carbocycles. The molecule has 1 aliphatic rings. The Bertz CT molecular complexity index is 441. The van der Waals surface area contributed by atoms with E-state index in [-0.39, 0.29) is 6.42 Å². The number of hydrogen-bond donors (Lipinski definition) is 2. The van der Waals surface area contributed by atoms with Gasteiger partial charge >= 0.3 is 5.97 Å². The van der Waals surface area contributed by atoms with Gasteiger partial charge < -0.3 is 15.1 Å². The van der Waals surface area contributed by atoms with Crippen molar-refractivity contribution in [3.8, 4) is 0 Å². The summed E-state index contributed by atoms with van der Waals surface area (Å²) in [6.07, 6.45) is 0.780. The summed E-state index contributed by atoms with van der Waals surface area (Å²) in [7, 11) is 0. The lowest BCUT2D eigenvalue weighted by Gasteiger charge is -2.21. The number of halogens is 1. The molecular weight excluding hydrogens is 373 g/mol. The van der Waals surface area contributed by atoms with Gasteiger partial charge in [0.15, 0.2) is 0 Å². The summed E-state index contributed by atoms with van der Waals surface area (Å²) in [5, 5.41) is 20.0. The van der Waals surface area contributed by atoms with Gasteiger partial charge in [0.2, 0.25) is 0 Å². The van der Waals surface area contributed by atoms with Crippen LogP contribution in [0.25, 0.3) is 0 Å². The van der Waals surface area contributed by atoms with Gasteiger partial charge in [0.25, 0.3) is 0 Å². The monoisotopic (exact) mass is 391 g/mol. The second-order valence-corrected chi connectivity index (χ2v) is 6.09. The van der Waals surface area contributed by atoms with Crippen LogP contribution >= 0.6 is 22.6 Å². The minimum absolute atomic E-state index is 0.266. The molecule has 110 valence electrons. The predicted molar refractivity (Wildman–Crippen MR) is 81.3 cm³/mol. The first kappa shape index (κ1) is 15.7. The Morgan fingerprint density at radius 3 is 2.45 bits per heavy atom. The highest BCUT2D eigenvalue weighted by molar-refractivity contribution is 14.1. The number of nitrogens with zero attached hydrogens (tertiary/aromatic N) is 1. The average molecular weight is 391 g/mol. The van der Waals surface area contributed by atoms with E-state index in [0.29, 0.717) is 19.3 Å². The third kappa shape index (κ3) is 4.41. The summed E-state index contributed by atoms with van der Waals surface area (Å²) in [5.74, 6) is -0.421. The molecule has 1 aromatic rings. The normalized spacial score (nSPS) is 22.9. The van der Waals surface area contributed by atoms with Gasteiger partial charge in [-0.05, 0) is 66.0 Å². The highest BCUT2D eigenvalue weighted by atomic mass is 127. The molecule has 1 fully saturated rings. The number of benzene rings is 1. The molecule has 1 aliphatic heterocycles. The average Bonchev–Trinajstić information content (AvgIpc) is 2.73. The fourth-order valence-corrected chi connectivity index (χ4v) is 2.48. The molecular formula is C14H18INO4. The minimum atomic E-state index is -0.898. The Labute approximate surface area is 131 Å². The summed E-state index contributed by atoms with van der Waals surface area (Å²) in [6, 6.07) is 8.15. The summed E-state index contributed by atoms with van der Waals surface area (Å²) in [5.41, 5.74) is 1.18. The van der Waals surface area contributed by atoms with Crippen LogP contribution in [0, 0.1) is 3.57 Å². The van der Waals surface area contributed by atoms with Crippen LogP contribution in [0.5, 0.6) is 0 Å². The lowest BCUT2D eigenvalue weighted by Crippen LogP contribution is -2.37. The van der Waals surface area contributed by atoms with Crippen LogP contribution in [-0.2, 0) is 16.1 Å². The number of aliphatic hydroxyl groups is 2. The molecule has 6 heteroatoms. The zero-order chi connectivity index (χ0) is 14.5. The summed E-state index contributed by atoms with van der Waals surface area (Å²) in [4.78, 5) is 16.6. The fourth-order valence-electron chi connectivity index (χ4n) is 2.12. The molecule has 0 amide bonds. The quantitative estimate of drug-likeness (QED) is 0.750. The topological polar surface area (TPSA) is 70.0 Å². The van der Waals surface area contributed by atoms with Crippen LogP contribution in [0.3, 0.4) is 0 Å². The lowest BCUT2D eigenvalue weighted by molar-refractivity contribution is -0.261. The first-order valence-corrected chi connectivity index (χ1v) is 7.74. The molecule has 0 aromatic heterocycles. The molecule has 0 saturated carbocycles. The van der Waals surface area contributed by atoms with E-state index in [1.165, 1.54) is 9.13 Å². The van der Waals surface area contributed by atoms with E-state index in [4.69, 9.17) is 4.84 Å². The first-order chi connectivity index (χ1) is 9.56. The SMILES string of the molecule is O=C(CCCc1ccc(I)cc1)ON1C(O)CCC1O. The molecule has 2 atom stereocenters. The number of carbonyl (C=O) groups excluding carboxylic acids is 1. The van der Waals surface area contributed by atoms with Crippen molar-refractivity contribution in [3.63, 3.8) is 0 Å². The van der Waals surface area contributed by atoms with Gasteiger partial charge in [-0.25, -0.2) is 0 Å². The second-order valence-electron chi connectivity index (χ2n) is 4.84. The van der Waals surface area contributed by atoms with E-state index >= 15 is 0 Å². The number of rotatable bonds is 5. The van der Waals surface area contributed by atoms with Crippen LogP contribution in [-0.4, -0.2) is 33.7 Å². The van der Waals surface area contributed by atoms with Crippen molar-refractivity contribution >= 4 is 28.6 Å². The highest BCUT2D eigenvalue weighted by Crippen LogP contribution is 2.21. The predicted octanol–water partition coefficient (Wildman–Crippen LogP) is 1.80. The molecule has 1 heterocycles. The van der Waals surface area contributed by atoms with E-state index in [9.17, 15) is 15.0 Å². The number of aliphatic hydroxyl groups excluding tert-OH is 2. The van der Waals surface area contributed by atoms with Gasteiger partial charge in [0.05, 0.1) is 0 Å². The van der Waals surface area contributed by atoms with Crippen molar-refractivity contribution in [1.29, 1.82) is 0 Å². The van der Waals surface area contributed by atoms with E-state index in [0.717, 1.165) is 11.5 Å². The Hall–Kier alpha value is -0.700. The molecule has 0 radical (unpaired) electrons. The van der Waals surface area contributed by atoms with Crippen molar-refractivity contribution in [3.05, 3.63) is 33.4 Å². The summed E-state index contributed by atoms with van der Waals surface area (Å²) >= 11 is 2.25. The van der Waals surface area contributed by atoms with Gasteiger partial charge in [0, 0.05) is 9.99 Å². The molecule has 0 bridgehead atoms. The number of aryl methyl sites for hydroxylation is 1. The third-order valence-corrected chi connectivity index (χ3v) is 3.96. The number of hydroxylamine groups is 2. The minimum Gasteiger partial charge on any atom is -0.375 e. The van der Waals surface area contributed by atoms with Crippen molar-refractivity contribution in [2.75, 3.05) is 0 Å². The zero-order valence-electron chi connectivity index (χ0n) is 11.0. The maximum absolute atomic E-state index is 11.6. The zero-order valence-corrected chi connectivity index (χ0v) is 13.2. The van der Waals surface area contributed by atoms with Crippen molar-refractivity contribution < 1.29 is 19.8 Å². The third-order valence-electron chi connectivity index (χ3n) is 3.24. The van der Waals surface area contributed by atoms with Gasteiger partial charge in [-0.3, -0.25) is 4.79 Å². The standard InChI is InChI=1S/C14H18INO4/c15-11-6-4-10(5-7-11)2-1-3-14(19)20-16-12(17)8-9-13(16)18/h4-7,12-13,17-18H,1-3,8-9H2. The first-order valence-electron chi connectivity index (χ1n) is 6.66. The fraction of sp³-hybridized carbons (Fsp3) is 0.500. The maximum atomic E-state index is 11.6.